The summed E-state index contributed by atoms with van der Waals surface area (Å²) in [7, 11) is 0. The number of rotatable bonds is 3. The van der Waals surface area contributed by atoms with Gasteiger partial charge in [-0.1, -0.05) is 36.4 Å². The summed E-state index contributed by atoms with van der Waals surface area (Å²) in [4.78, 5) is 10.8. The number of fused-ring (bicyclic) bond motifs is 1. The summed E-state index contributed by atoms with van der Waals surface area (Å²) in [5.41, 5.74) is 2.64. The minimum atomic E-state index is 0.124. The number of allylic oxidation sites excluding steroid dienone is 1. The molecule has 3 rings (SSSR count). The van der Waals surface area contributed by atoms with Crippen molar-refractivity contribution in [3.63, 3.8) is 0 Å². The highest BCUT2D eigenvalue weighted by Crippen LogP contribution is 2.34. The highest BCUT2D eigenvalue weighted by molar-refractivity contribution is 6.24. The van der Waals surface area contributed by atoms with E-state index in [9.17, 15) is 4.79 Å². The lowest BCUT2D eigenvalue weighted by atomic mass is 10.1. The first-order valence-corrected chi connectivity index (χ1v) is 6.21. The van der Waals surface area contributed by atoms with Crippen molar-refractivity contribution in [3.8, 4) is 5.75 Å². The number of carbonyl (C=O) groups excluding carboxylic acids is 1. The fourth-order valence-corrected chi connectivity index (χ4v) is 2.15. The van der Waals surface area contributed by atoms with Gasteiger partial charge in [-0.2, -0.15) is 0 Å². The highest BCUT2D eigenvalue weighted by atomic mass is 16.5. The Labute approximate surface area is 116 Å². The second-order valence-corrected chi connectivity index (χ2v) is 4.43. The summed E-state index contributed by atoms with van der Waals surface area (Å²) >= 11 is 0. The smallest absolute Gasteiger partial charge is 0.152 e. The van der Waals surface area contributed by atoms with E-state index in [-0.39, 0.29) is 11.4 Å². The third kappa shape index (κ3) is 2.09. The van der Waals surface area contributed by atoms with Crippen molar-refractivity contribution in [2.75, 3.05) is 5.32 Å². The number of anilines is 1. The van der Waals surface area contributed by atoms with Crippen LogP contribution in [0.3, 0.4) is 0 Å². The van der Waals surface area contributed by atoms with Gasteiger partial charge < -0.3 is 10.1 Å². The second-order valence-electron chi connectivity index (χ2n) is 4.43. The summed E-state index contributed by atoms with van der Waals surface area (Å²) in [6.07, 6.45) is 0. The molecule has 2 aromatic carbocycles. The van der Waals surface area contributed by atoms with Crippen LogP contribution in [0.25, 0.3) is 0 Å². The van der Waals surface area contributed by atoms with E-state index in [4.69, 9.17) is 10.1 Å². The Kier molecular flexibility index (Phi) is 3.07. The second kappa shape index (κ2) is 5.03. The molecule has 0 saturated heterocycles. The first-order valence-electron chi connectivity index (χ1n) is 6.21. The van der Waals surface area contributed by atoms with Gasteiger partial charge in [0.25, 0.3) is 0 Å². The van der Waals surface area contributed by atoms with Crippen LogP contribution in [0.2, 0.25) is 0 Å². The van der Waals surface area contributed by atoms with Gasteiger partial charge in [0.1, 0.15) is 18.1 Å². The van der Waals surface area contributed by atoms with Crippen molar-refractivity contribution in [1.29, 1.82) is 5.41 Å². The molecular weight excluding hydrogens is 252 g/mol. The fourth-order valence-electron chi connectivity index (χ4n) is 2.15. The fraction of sp³-hybridized carbons (Fsp3) is 0.0625. The molecule has 0 aliphatic carbocycles. The summed E-state index contributed by atoms with van der Waals surface area (Å²) in [6, 6.07) is 15.2. The van der Waals surface area contributed by atoms with Crippen LogP contribution < -0.4 is 10.1 Å². The van der Waals surface area contributed by atoms with E-state index in [0.29, 0.717) is 23.6 Å². The molecule has 0 unspecified atom stereocenters. The lowest BCUT2D eigenvalue weighted by Crippen LogP contribution is -2.03. The highest BCUT2D eigenvalue weighted by Gasteiger charge is 2.25. The molecule has 0 saturated carbocycles. The summed E-state index contributed by atoms with van der Waals surface area (Å²) in [5.74, 6) is 2.33. The maximum atomic E-state index is 10.8. The van der Waals surface area contributed by atoms with Crippen LogP contribution in [0.1, 0.15) is 11.1 Å². The van der Waals surface area contributed by atoms with Gasteiger partial charge in [-0.3, -0.25) is 5.41 Å². The predicted octanol–water partition coefficient (Wildman–Crippen LogP) is 2.77. The number of nitrogens with one attached hydrogen (secondary N) is 2. The van der Waals surface area contributed by atoms with E-state index >= 15 is 0 Å². The molecule has 2 N–H and O–H groups in total. The maximum Gasteiger partial charge on any atom is 0.152 e. The van der Waals surface area contributed by atoms with Crippen molar-refractivity contribution in [1.82, 2.24) is 0 Å². The van der Waals surface area contributed by atoms with E-state index in [1.54, 1.807) is 12.0 Å². The Morgan fingerprint density at radius 2 is 1.90 bits per heavy atom. The number of hydrogen-bond acceptors (Lipinski definition) is 4. The molecule has 2 aromatic rings. The average Bonchev–Trinajstić information content (AvgIpc) is 2.83. The van der Waals surface area contributed by atoms with Crippen LogP contribution in [-0.4, -0.2) is 11.7 Å². The van der Waals surface area contributed by atoms with Gasteiger partial charge in [-0.15, -0.1) is 0 Å². The molecule has 0 atom stereocenters. The van der Waals surface area contributed by atoms with Crippen LogP contribution in [0, 0.1) is 5.41 Å². The topological polar surface area (TPSA) is 62.2 Å². The van der Waals surface area contributed by atoms with Gasteiger partial charge >= 0.3 is 0 Å². The predicted molar refractivity (Wildman–Crippen MR) is 76.9 cm³/mol. The molecule has 0 spiro atoms. The Hall–Kier alpha value is -2.84. The van der Waals surface area contributed by atoms with Crippen molar-refractivity contribution in [2.45, 2.75) is 6.61 Å². The number of benzene rings is 2. The standard InChI is InChI=1S/C16H12N2O2/c17-16-13(9-19)18-12-7-4-8-14(15(12)16)20-10-11-5-2-1-3-6-11/h1-8,17-18H,10H2. The molecule has 1 aliphatic rings. The normalized spacial score (nSPS) is 12.6. The van der Waals surface area contributed by atoms with Gasteiger partial charge in [0.2, 0.25) is 0 Å². The minimum absolute atomic E-state index is 0.124. The lowest BCUT2D eigenvalue weighted by Gasteiger charge is -2.09. The molecule has 4 heteroatoms. The first kappa shape index (κ1) is 12.2. The SMILES string of the molecule is N=C1C(=C=O)Nc2cccc(OCc3ccccc3)c21. The third-order valence-corrected chi connectivity index (χ3v) is 3.13. The molecule has 20 heavy (non-hydrogen) atoms. The van der Waals surface area contributed by atoms with E-state index in [1.165, 1.54) is 0 Å². The van der Waals surface area contributed by atoms with Crippen molar-refractivity contribution in [2.24, 2.45) is 0 Å². The summed E-state index contributed by atoms with van der Waals surface area (Å²) in [6.45, 7) is 0.421. The first-order chi connectivity index (χ1) is 9.79. The van der Waals surface area contributed by atoms with E-state index in [1.807, 2.05) is 42.5 Å². The Balaban J connectivity index is 1.88. The van der Waals surface area contributed by atoms with Crippen molar-refractivity contribution in [3.05, 3.63) is 65.4 Å². The Morgan fingerprint density at radius 1 is 1.10 bits per heavy atom. The largest absolute Gasteiger partial charge is 0.488 e. The van der Waals surface area contributed by atoms with Gasteiger partial charge in [0.15, 0.2) is 11.6 Å². The molecule has 4 nitrogen and oxygen atoms in total. The molecule has 0 aromatic heterocycles. The Morgan fingerprint density at radius 3 is 2.65 bits per heavy atom. The molecule has 0 fully saturated rings. The zero-order valence-corrected chi connectivity index (χ0v) is 10.6. The van der Waals surface area contributed by atoms with E-state index in [2.05, 4.69) is 5.32 Å². The lowest BCUT2D eigenvalue weighted by molar-refractivity contribution is 0.306. The van der Waals surface area contributed by atoms with Crippen LogP contribution >= 0.6 is 0 Å². The summed E-state index contributed by atoms with van der Waals surface area (Å²) in [5, 5.41) is 10.8. The van der Waals surface area contributed by atoms with E-state index < -0.39 is 0 Å². The molecule has 0 bridgehead atoms. The Bertz CT molecular complexity index is 717. The minimum Gasteiger partial charge on any atom is -0.488 e. The quantitative estimate of drug-likeness (QED) is 0.838. The van der Waals surface area contributed by atoms with Gasteiger partial charge in [0.05, 0.1) is 11.3 Å². The van der Waals surface area contributed by atoms with Gasteiger partial charge in [0, 0.05) is 0 Å². The third-order valence-electron chi connectivity index (χ3n) is 3.13. The van der Waals surface area contributed by atoms with Crippen molar-refractivity contribution < 1.29 is 9.53 Å². The molecular formula is C16H12N2O2. The van der Waals surface area contributed by atoms with Crippen LogP contribution in [0.4, 0.5) is 5.69 Å². The summed E-state index contributed by atoms with van der Waals surface area (Å²) < 4.78 is 5.77. The zero-order valence-electron chi connectivity index (χ0n) is 10.6. The van der Waals surface area contributed by atoms with Crippen molar-refractivity contribution >= 4 is 17.3 Å². The number of ether oxygens (including phenoxy) is 1. The van der Waals surface area contributed by atoms with Crippen LogP contribution in [0.5, 0.6) is 5.75 Å². The molecule has 0 amide bonds. The van der Waals surface area contributed by atoms with E-state index in [0.717, 1.165) is 5.56 Å². The zero-order chi connectivity index (χ0) is 13.9. The average molecular weight is 264 g/mol. The molecule has 0 radical (unpaired) electrons. The molecule has 1 aliphatic heterocycles. The molecule has 1 heterocycles. The van der Waals surface area contributed by atoms with Gasteiger partial charge in [-0.05, 0) is 17.7 Å². The maximum absolute atomic E-state index is 10.8. The number of hydrogen-bond donors (Lipinski definition) is 2. The van der Waals surface area contributed by atoms with Crippen LogP contribution in [0.15, 0.2) is 54.2 Å². The molecule has 98 valence electrons. The van der Waals surface area contributed by atoms with Gasteiger partial charge in [-0.25, -0.2) is 4.79 Å². The van der Waals surface area contributed by atoms with Crippen LogP contribution in [-0.2, 0) is 11.4 Å². The monoisotopic (exact) mass is 264 g/mol.